The molecule has 3 heteroatoms. The third-order valence-corrected chi connectivity index (χ3v) is 4.91. The predicted molar refractivity (Wildman–Crippen MR) is 82.6 cm³/mol. The van der Waals surface area contributed by atoms with Gasteiger partial charge in [0.05, 0.1) is 0 Å². The molecule has 2 fully saturated rings. The highest BCUT2D eigenvalue weighted by Crippen LogP contribution is 2.36. The SMILES string of the molecule is CCCNC1CC2CCC(C1)N2Cc1ccc(C)nc1. The summed E-state index contributed by atoms with van der Waals surface area (Å²) in [5, 5.41) is 3.72. The first-order valence-electron chi connectivity index (χ1n) is 8.17. The lowest BCUT2D eigenvalue weighted by molar-refractivity contribution is 0.109. The van der Waals surface area contributed by atoms with Crippen LogP contribution in [0.4, 0.5) is 0 Å². The van der Waals surface area contributed by atoms with Crippen LogP contribution in [0.1, 0.15) is 50.3 Å². The Morgan fingerprint density at radius 1 is 1.25 bits per heavy atom. The van der Waals surface area contributed by atoms with E-state index in [1.165, 1.54) is 44.2 Å². The standard InChI is InChI=1S/C17H27N3/c1-3-8-18-15-9-16-6-7-17(10-15)20(16)12-14-5-4-13(2)19-11-14/h4-5,11,15-18H,3,6-10,12H2,1-2H3. The van der Waals surface area contributed by atoms with E-state index in [-0.39, 0.29) is 0 Å². The second kappa shape index (κ2) is 6.23. The van der Waals surface area contributed by atoms with Crippen molar-refractivity contribution in [2.45, 2.75) is 70.6 Å². The summed E-state index contributed by atoms with van der Waals surface area (Å²) in [5.41, 5.74) is 2.48. The highest BCUT2D eigenvalue weighted by atomic mass is 15.2. The van der Waals surface area contributed by atoms with Gasteiger partial charge in [0, 0.05) is 36.6 Å². The van der Waals surface area contributed by atoms with Gasteiger partial charge < -0.3 is 5.32 Å². The van der Waals surface area contributed by atoms with Gasteiger partial charge in [-0.15, -0.1) is 0 Å². The fraction of sp³-hybridized carbons (Fsp3) is 0.706. The van der Waals surface area contributed by atoms with Gasteiger partial charge in [-0.25, -0.2) is 0 Å². The molecule has 2 bridgehead atoms. The van der Waals surface area contributed by atoms with Gasteiger partial charge in [-0.1, -0.05) is 13.0 Å². The maximum atomic E-state index is 4.43. The molecule has 0 amide bonds. The minimum absolute atomic E-state index is 0.750. The van der Waals surface area contributed by atoms with Gasteiger partial charge in [0.25, 0.3) is 0 Å². The minimum atomic E-state index is 0.750. The number of pyridine rings is 1. The molecular formula is C17H27N3. The zero-order chi connectivity index (χ0) is 13.9. The molecule has 1 aromatic heterocycles. The summed E-state index contributed by atoms with van der Waals surface area (Å²) in [5.74, 6) is 0. The van der Waals surface area contributed by atoms with Gasteiger partial charge in [0.15, 0.2) is 0 Å². The Bertz CT molecular complexity index is 414. The van der Waals surface area contributed by atoms with Crippen LogP contribution in [-0.2, 0) is 6.54 Å². The largest absolute Gasteiger partial charge is 0.314 e. The molecular weight excluding hydrogens is 246 g/mol. The lowest BCUT2D eigenvalue weighted by atomic mass is 9.96. The number of aromatic nitrogens is 1. The van der Waals surface area contributed by atoms with Gasteiger partial charge in [0.2, 0.25) is 0 Å². The van der Waals surface area contributed by atoms with Crippen LogP contribution in [0.2, 0.25) is 0 Å². The first kappa shape index (κ1) is 14.0. The number of aryl methyl sites for hydroxylation is 1. The number of nitrogens with zero attached hydrogens (tertiary/aromatic N) is 2. The van der Waals surface area contributed by atoms with Crippen molar-refractivity contribution in [2.75, 3.05) is 6.54 Å². The van der Waals surface area contributed by atoms with E-state index in [4.69, 9.17) is 0 Å². The van der Waals surface area contributed by atoms with E-state index in [1.807, 2.05) is 0 Å². The second-order valence-electron chi connectivity index (χ2n) is 6.49. The molecule has 0 saturated carbocycles. The average Bonchev–Trinajstić information content (AvgIpc) is 2.70. The maximum Gasteiger partial charge on any atom is 0.0372 e. The molecule has 0 aromatic carbocycles. The number of fused-ring (bicyclic) bond motifs is 2. The van der Waals surface area contributed by atoms with Crippen molar-refractivity contribution in [1.29, 1.82) is 0 Å². The molecule has 3 heterocycles. The van der Waals surface area contributed by atoms with E-state index in [1.54, 1.807) is 0 Å². The topological polar surface area (TPSA) is 28.2 Å². The fourth-order valence-electron chi connectivity index (χ4n) is 3.85. The summed E-state index contributed by atoms with van der Waals surface area (Å²) in [6, 6.07) is 6.68. The molecule has 3 rings (SSSR count). The van der Waals surface area contributed by atoms with Crippen molar-refractivity contribution in [3.05, 3.63) is 29.6 Å². The molecule has 1 aromatic rings. The molecule has 0 aliphatic carbocycles. The molecule has 2 aliphatic rings. The Balaban J connectivity index is 1.60. The third kappa shape index (κ3) is 3.04. The number of nitrogens with one attached hydrogen (secondary N) is 1. The monoisotopic (exact) mass is 273 g/mol. The van der Waals surface area contributed by atoms with E-state index < -0.39 is 0 Å². The van der Waals surface area contributed by atoms with Gasteiger partial charge in [-0.3, -0.25) is 9.88 Å². The Kier molecular flexibility index (Phi) is 4.37. The van der Waals surface area contributed by atoms with Gasteiger partial charge in [0.1, 0.15) is 0 Å². The molecule has 2 atom stereocenters. The van der Waals surface area contributed by atoms with Gasteiger partial charge in [-0.2, -0.15) is 0 Å². The van der Waals surface area contributed by atoms with E-state index in [0.29, 0.717) is 0 Å². The first-order valence-corrected chi connectivity index (χ1v) is 8.17. The average molecular weight is 273 g/mol. The van der Waals surface area contributed by atoms with Crippen molar-refractivity contribution in [2.24, 2.45) is 0 Å². The number of hydrogen-bond donors (Lipinski definition) is 1. The Morgan fingerprint density at radius 3 is 2.60 bits per heavy atom. The first-order chi connectivity index (χ1) is 9.76. The number of piperidine rings is 1. The van der Waals surface area contributed by atoms with E-state index in [9.17, 15) is 0 Å². The molecule has 2 saturated heterocycles. The van der Waals surface area contributed by atoms with Crippen molar-refractivity contribution in [3.8, 4) is 0 Å². The van der Waals surface area contributed by atoms with Crippen molar-refractivity contribution in [3.63, 3.8) is 0 Å². The highest BCUT2D eigenvalue weighted by Gasteiger charge is 2.40. The Morgan fingerprint density at radius 2 is 2.00 bits per heavy atom. The predicted octanol–water partition coefficient (Wildman–Crippen LogP) is 2.89. The normalized spacial score (nSPS) is 29.8. The van der Waals surface area contributed by atoms with Crippen LogP contribution in [0.15, 0.2) is 18.3 Å². The molecule has 3 nitrogen and oxygen atoms in total. The third-order valence-electron chi connectivity index (χ3n) is 4.91. The summed E-state index contributed by atoms with van der Waals surface area (Å²) in [6.45, 7) is 6.56. The van der Waals surface area contributed by atoms with Crippen molar-refractivity contribution >= 4 is 0 Å². The van der Waals surface area contributed by atoms with Crippen LogP contribution in [-0.4, -0.2) is 34.6 Å². The van der Waals surface area contributed by atoms with E-state index in [0.717, 1.165) is 30.4 Å². The van der Waals surface area contributed by atoms with Gasteiger partial charge >= 0.3 is 0 Å². The Hall–Kier alpha value is -0.930. The zero-order valence-corrected chi connectivity index (χ0v) is 12.8. The maximum absolute atomic E-state index is 4.43. The second-order valence-corrected chi connectivity index (χ2v) is 6.49. The van der Waals surface area contributed by atoms with Crippen LogP contribution in [0.3, 0.4) is 0 Å². The summed E-state index contributed by atoms with van der Waals surface area (Å²) in [6.07, 6.45) is 8.72. The van der Waals surface area contributed by atoms with Crippen LogP contribution < -0.4 is 5.32 Å². The van der Waals surface area contributed by atoms with Crippen LogP contribution >= 0.6 is 0 Å². The van der Waals surface area contributed by atoms with Gasteiger partial charge in [-0.05, 0) is 57.2 Å². The lowest BCUT2D eigenvalue weighted by Gasteiger charge is -2.39. The molecule has 0 radical (unpaired) electrons. The number of rotatable bonds is 5. The van der Waals surface area contributed by atoms with E-state index in [2.05, 4.69) is 47.4 Å². The summed E-state index contributed by atoms with van der Waals surface area (Å²) in [7, 11) is 0. The molecule has 2 aliphatic heterocycles. The summed E-state index contributed by atoms with van der Waals surface area (Å²) < 4.78 is 0. The van der Waals surface area contributed by atoms with E-state index >= 15 is 0 Å². The summed E-state index contributed by atoms with van der Waals surface area (Å²) >= 11 is 0. The smallest absolute Gasteiger partial charge is 0.0372 e. The molecule has 110 valence electrons. The molecule has 0 spiro atoms. The van der Waals surface area contributed by atoms with Crippen molar-refractivity contribution in [1.82, 2.24) is 15.2 Å². The zero-order valence-electron chi connectivity index (χ0n) is 12.8. The van der Waals surface area contributed by atoms with Crippen LogP contribution in [0.25, 0.3) is 0 Å². The van der Waals surface area contributed by atoms with Crippen LogP contribution in [0.5, 0.6) is 0 Å². The minimum Gasteiger partial charge on any atom is -0.314 e. The molecule has 1 N–H and O–H groups in total. The van der Waals surface area contributed by atoms with Crippen molar-refractivity contribution < 1.29 is 0 Å². The highest BCUT2D eigenvalue weighted by molar-refractivity contribution is 5.14. The van der Waals surface area contributed by atoms with Crippen LogP contribution in [0, 0.1) is 6.92 Å². The summed E-state index contributed by atoms with van der Waals surface area (Å²) in [4.78, 5) is 7.16. The molecule has 20 heavy (non-hydrogen) atoms. The Labute approximate surface area is 122 Å². The number of hydrogen-bond acceptors (Lipinski definition) is 3. The molecule has 2 unspecified atom stereocenters. The fourth-order valence-corrected chi connectivity index (χ4v) is 3.85. The quantitative estimate of drug-likeness (QED) is 0.894. The lowest BCUT2D eigenvalue weighted by Crippen LogP contribution is -2.48.